The maximum Gasteiger partial charge on any atom is 0.326 e. The van der Waals surface area contributed by atoms with Crippen molar-refractivity contribution in [1.29, 1.82) is 0 Å². The average molecular weight is 1720 g/mol. The van der Waals surface area contributed by atoms with Gasteiger partial charge < -0.3 is 66.9 Å². The van der Waals surface area contributed by atoms with E-state index in [4.69, 9.17) is 5.11 Å². The largest absolute Gasteiger partial charge is 0.744 e. The summed E-state index contributed by atoms with van der Waals surface area (Å²) in [4.78, 5) is 143. The fourth-order valence-electron chi connectivity index (χ4n) is 14.5. The molecule has 0 bridgehead atoms. The molecule has 0 spiro atoms. The number of fused-ring (bicyclic) bond motifs is 2. The topological polar surface area (TPSA) is 511 Å². The van der Waals surface area contributed by atoms with Crippen LogP contribution in [-0.4, -0.2) is 193 Å². The first-order chi connectivity index (χ1) is 57.9. The summed E-state index contributed by atoms with van der Waals surface area (Å²) in [6, 6.07) is 26.2. The third kappa shape index (κ3) is 28.4. The molecule has 0 saturated carbocycles. The van der Waals surface area contributed by atoms with Crippen molar-refractivity contribution in [1.82, 2.24) is 57.1 Å². The summed E-state index contributed by atoms with van der Waals surface area (Å²) in [5.74, 6) is -7.02. The Labute approximate surface area is 707 Å². The Bertz CT molecular complexity index is 5130. The molecule has 0 unspecified atom stereocenters. The number of allylic oxidation sites excluding steroid dienone is 6. The number of hydrogen-bond donors (Lipinski definition) is 11. The van der Waals surface area contributed by atoms with Gasteiger partial charge in [0.1, 0.15) is 46.5 Å². The van der Waals surface area contributed by atoms with E-state index >= 15 is 0 Å². The van der Waals surface area contributed by atoms with Crippen LogP contribution in [0.3, 0.4) is 0 Å². The summed E-state index contributed by atoms with van der Waals surface area (Å²) in [7, 11) is -7.29. The molecule has 6 aromatic rings. The highest BCUT2D eigenvalue weighted by atomic mass is 32.2. The van der Waals surface area contributed by atoms with E-state index in [1.165, 1.54) is 47.4 Å². The van der Waals surface area contributed by atoms with Gasteiger partial charge in [0.15, 0.2) is 5.71 Å². The number of carbonyl (C=O) groups is 10. The number of aromatic nitrogens is 3. The zero-order chi connectivity index (χ0) is 88.9. The van der Waals surface area contributed by atoms with Crippen molar-refractivity contribution in [2.24, 2.45) is 0 Å². The zero-order valence-corrected chi connectivity index (χ0v) is 70.3. The van der Waals surface area contributed by atoms with Crippen LogP contribution in [0.5, 0.6) is 0 Å². The molecule has 654 valence electrons. The Morgan fingerprint density at radius 2 is 1.20 bits per heavy atom. The van der Waals surface area contributed by atoms with Gasteiger partial charge in [-0.15, -0.1) is 5.10 Å². The highest BCUT2D eigenvalue weighted by molar-refractivity contribution is 7.86. The summed E-state index contributed by atoms with van der Waals surface area (Å²) in [6.07, 6.45) is 13.7. The number of nitro groups is 1. The zero-order valence-electron chi connectivity index (χ0n) is 68.7. The average Bonchev–Trinajstić information content (AvgIpc) is 1.59. The number of hydrogen-bond acceptors (Lipinski definition) is 20. The number of amides is 8. The van der Waals surface area contributed by atoms with Crippen molar-refractivity contribution in [3.63, 3.8) is 0 Å². The van der Waals surface area contributed by atoms with Gasteiger partial charge in [-0.05, 0) is 125 Å². The van der Waals surface area contributed by atoms with Crippen molar-refractivity contribution in [3.8, 4) is 0 Å². The Hall–Kier alpha value is -12.4. The second-order valence-corrected chi connectivity index (χ2v) is 33.7. The van der Waals surface area contributed by atoms with Crippen LogP contribution >= 0.6 is 0 Å². The van der Waals surface area contributed by atoms with Crippen LogP contribution in [0.1, 0.15) is 164 Å². The number of aliphatic carboxylic acids is 3. The molecule has 0 saturated heterocycles. The highest BCUT2D eigenvalue weighted by Gasteiger charge is 2.45. The summed E-state index contributed by atoms with van der Waals surface area (Å²) in [5, 5.41) is 66.9. The molecule has 37 heteroatoms. The third-order valence-corrected chi connectivity index (χ3v) is 22.8. The van der Waals surface area contributed by atoms with E-state index in [0.717, 1.165) is 33.9 Å². The fraction of sp³-hybridized carbons (Fsp3) is 0.424. The molecule has 0 fully saturated rings. The molecule has 5 aromatic carbocycles. The van der Waals surface area contributed by atoms with Crippen LogP contribution in [0.4, 0.5) is 21.9 Å². The number of para-hydroxylation sites is 1. The molecule has 3 heterocycles. The maximum atomic E-state index is 14.3. The lowest BCUT2D eigenvalue weighted by Crippen LogP contribution is -2.55. The van der Waals surface area contributed by atoms with E-state index in [2.05, 4.69) is 52.1 Å². The minimum absolute atomic E-state index is 0.00853. The molecular formula is C85H106N14O21S2. The van der Waals surface area contributed by atoms with Crippen LogP contribution in [0.15, 0.2) is 173 Å². The monoisotopic (exact) mass is 1720 g/mol. The minimum Gasteiger partial charge on any atom is -0.744 e. The number of urea groups is 1. The lowest BCUT2D eigenvalue weighted by atomic mass is 9.81. The molecule has 8 amide bonds. The van der Waals surface area contributed by atoms with Crippen molar-refractivity contribution < 1.29 is 98.7 Å². The van der Waals surface area contributed by atoms with Gasteiger partial charge in [-0.2, -0.15) is 13.0 Å². The molecule has 8 rings (SSSR count). The number of unbranched alkanes of at least 4 members (excludes halogenated alkanes) is 5. The summed E-state index contributed by atoms with van der Waals surface area (Å²) in [5.41, 5.74) is 5.36. The standard InChI is InChI=1S/C85H106N14O21S2/c1-84(2)63-52-61(121(115,116)117)37-40-70(63)95(5)72(84)33-15-8-16-34-73-85(3,4)64-53-62(122(118,119)120)38-41-71(64)98(73)49-23-10-17-35-74(100)88-54-60-56-97(94-93-60)48-25-46-87-79(106)67(50-57-26-11-6-12-27-57)90-80(107)68(51-58-28-13-7-14-29-58)89-76(102)43-42-75(101)86-45-22-9-18-36-77(103)96(55-59-30-19-20-32-69(59)99(113)114)47-24-21-31-65(81(108)109)91-83(112)92-66(82(110)111)39-44-78(104)105/h6-8,11-16,19-20,26-30,32-34,37-38,40-41,52-53,56,65-68H,9-10,17-18,21-25,31,35-36,39,42-51,54-55H2,1-5H3,(H11-,86,87,88,89,90,91,92,100,101,102,104,105,106,107,108,109,110,111,112,115,116,117,118,119,120)/t65-,66-,67-,68-/m0/s1. The predicted octanol–water partition coefficient (Wildman–Crippen LogP) is 7.70. The number of benzene rings is 5. The Morgan fingerprint density at radius 3 is 1.86 bits per heavy atom. The molecule has 0 aliphatic carbocycles. The second kappa shape index (κ2) is 44.8. The van der Waals surface area contributed by atoms with Crippen molar-refractivity contribution in [2.75, 3.05) is 38.1 Å². The van der Waals surface area contributed by atoms with Crippen molar-refractivity contribution in [3.05, 3.63) is 207 Å². The van der Waals surface area contributed by atoms with Crippen molar-refractivity contribution in [2.45, 2.75) is 208 Å². The molecule has 2 aliphatic rings. The molecule has 1 aromatic heterocycles. The van der Waals surface area contributed by atoms with Gasteiger partial charge in [0.25, 0.3) is 15.8 Å². The van der Waals surface area contributed by atoms with Gasteiger partial charge in [-0.1, -0.05) is 123 Å². The lowest BCUT2D eigenvalue weighted by Gasteiger charge is -2.24. The third-order valence-electron chi connectivity index (χ3n) is 21.1. The normalized spacial score (nSPS) is 14.7. The van der Waals surface area contributed by atoms with Crippen LogP contribution in [-0.2, 0) is 107 Å². The molecule has 11 N–H and O–H groups in total. The minimum atomic E-state index is -4.76. The molecule has 35 nitrogen and oxygen atoms in total. The highest BCUT2D eigenvalue weighted by Crippen LogP contribution is 2.48. The first-order valence-corrected chi connectivity index (χ1v) is 43.0. The van der Waals surface area contributed by atoms with E-state index < -0.39 is 121 Å². The van der Waals surface area contributed by atoms with Gasteiger partial charge in [0.05, 0.1) is 39.4 Å². The molecule has 2 aliphatic heterocycles. The molecule has 122 heavy (non-hydrogen) atoms. The number of nitrogens with zero attached hydrogens (tertiary/aromatic N) is 7. The Kier molecular flexibility index (Phi) is 34.9. The second-order valence-electron chi connectivity index (χ2n) is 30.9. The number of rotatable bonds is 49. The van der Waals surface area contributed by atoms with E-state index in [1.54, 1.807) is 71.5 Å². The van der Waals surface area contributed by atoms with Crippen LogP contribution < -0.4 is 42.1 Å². The number of nitro benzene ring substituents is 1. The first-order valence-electron chi connectivity index (χ1n) is 40.2. The summed E-state index contributed by atoms with van der Waals surface area (Å²) >= 11 is 0. The summed E-state index contributed by atoms with van der Waals surface area (Å²) < 4.78 is 73.9. The van der Waals surface area contributed by atoms with E-state index in [-0.39, 0.29) is 123 Å². The number of likely N-dealkylation sites (N-methyl/N-ethyl adjacent to an activating group) is 1. The Morgan fingerprint density at radius 1 is 0.598 bits per heavy atom. The molecule has 0 radical (unpaired) electrons. The maximum absolute atomic E-state index is 14.3. The fourth-order valence-corrected chi connectivity index (χ4v) is 15.6. The van der Waals surface area contributed by atoms with E-state index in [9.17, 15) is 94.2 Å². The number of carboxylic acids is 3. The number of carboxylic acid groups (broad SMARTS) is 3. The van der Waals surface area contributed by atoms with Crippen molar-refractivity contribution >= 4 is 102 Å². The van der Waals surface area contributed by atoms with Gasteiger partial charge in [-0.25, -0.2) is 22.8 Å². The lowest BCUT2D eigenvalue weighted by molar-refractivity contribution is -0.438. The van der Waals surface area contributed by atoms with E-state index in [1.807, 2.05) is 88.2 Å². The summed E-state index contributed by atoms with van der Waals surface area (Å²) in [6.45, 7) is 9.04. The number of nitrogens with one attached hydrogen (secondary N) is 7. The smallest absolute Gasteiger partial charge is 0.326 e. The van der Waals surface area contributed by atoms with Gasteiger partial charge in [0, 0.05) is 131 Å². The number of anilines is 1. The van der Waals surface area contributed by atoms with E-state index in [0.29, 0.717) is 74.9 Å². The molecular weight excluding hydrogens is 1620 g/mol. The number of aryl methyl sites for hydroxylation is 1. The predicted molar refractivity (Wildman–Crippen MR) is 448 cm³/mol. The van der Waals surface area contributed by atoms with Gasteiger partial charge in [-0.3, -0.25) is 52.9 Å². The van der Waals surface area contributed by atoms with Crippen LogP contribution in [0.2, 0.25) is 0 Å². The quantitative estimate of drug-likeness (QED) is 0.00435. The Balaban J connectivity index is 0.766. The first kappa shape index (κ1) is 95.1. The van der Waals surface area contributed by atoms with Crippen LogP contribution in [0, 0.1) is 10.1 Å². The van der Waals surface area contributed by atoms with Crippen LogP contribution in [0.25, 0.3) is 0 Å². The number of carbonyl (C=O) groups excluding carboxylic acids is 7. The van der Waals surface area contributed by atoms with Gasteiger partial charge >= 0.3 is 23.9 Å². The SMILES string of the molecule is CN1/C(=C/C=C/C=C/C2=[N+](CCCCCC(=O)NCc3cn(CCCNC(=O)[C@H](Cc4ccccc4)NC(=O)[C@H](Cc4ccccc4)NC(=O)CCC(=O)NCCCCCC(=O)N(CCCC[C@H](NC(=O)N[C@@H](CCC(=O)O)C(=O)O)C(=O)O)Cc4ccccc4[N+](=O)[O-])nn3)c3ccc(S(=O)(=O)[O-])cc3C2(C)C)C(C)(C)c2cc(S(=O)(=O)O)ccc21. The van der Waals surface area contributed by atoms with Gasteiger partial charge in [0.2, 0.25) is 41.1 Å². The molecule has 4 atom stereocenters.